The smallest absolute Gasteiger partial charge is 0.215 e. The van der Waals surface area contributed by atoms with Crippen molar-refractivity contribution in [2.75, 3.05) is 12.8 Å². The molecule has 0 aliphatic rings. The van der Waals surface area contributed by atoms with E-state index in [0.29, 0.717) is 11.5 Å². The molecule has 0 atom stereocenters. The first-order valence-corrected chi connectivity index (χ1v) is 6.26. The number of rotatable bonds is 2. The van der Waals surface area contributed by atoms with Crippen LogP contribution in [0.2, 0.25) is 0 Å². The molecule has 3 heterocycles. The highest BCUT2D eigenvalue weighted by Crippen LogP contribution is 2.32. The van der Waals surface area contributed by atoms with Crippen LogP contribution in [0.1, 0.15) is 4.88 Å². The molecule has 5 nitrogen and oxygen atoms in total. The molecular weight excluding hydrogens is 248 g/mol. The molecule has 0 radical (unpaired) electrons. The molecular formula is C12H12N4OS. The van der Waals surface area contributed by atoms with Gasteiger partial charge >= 0.3 is 0 Å². The molecule has 0 amide bonds. The quantitative estimate of drug-likeness (QED) is 0.742. The van der Waals surface area contributed by atoms with E-state index >= 15 is 0 Å². The van der Waals surface area contributed by atoms with Crippen molar-refractivity contribution in [1.82, 2.24) is 15.0 Å². The van der Waals surface area contributed by atoms with Gasteiger partial charge in [0.05, 0.1) is 23.2 Å². The molecule has 3 rings (SSSR count). The maximum atomic E-state index is 5.96. The number of nitrogen functional groups attached to an aromatic ring is 1. The molecule has 0 aromatic carbocycles. The third-order valence-corrected chi connectivity index (χ3v) is 3.55. The Bertz CT molecular complexity index is 716. The van der Waals surface area contributed by atoms with Crippen molar-refractivity contribution >= 4 is 27.5 Å². The van der Waals surface area contributed by atoms with Crippen molar-refractivity contribution < 1.29 is 4.74 Å². The van der Waals surface area contributed by atoms with Gasteiger partial charge in [-0.1, -0.05) is 0 Å². The van der Waals surface area contributed by atoms with Crippen LogP contribution in [0.5, 0.6) is 5.88 Å². The second kappa shape index (κ2) is 3.99. The van der Waals surface area contributed by atoms with E-state index in [1.165, 1.54) is 0 Å². The summed E-state index contributed by atoms with van der Waals surface area (Å²) in [5.41, 5.74) is 8.39. The zero-order valence-corrected chi connectivity index (χ0v) is 10.8. The Morgan fingerprint density at radius 3 is 2.83 bits per heavy atom. The van der Waals surface area contributed by atoms with Crippen LogP contribution in [0.3, 0.4) is 0 Å². The number of aryl methyl sites for hydroxylation is 1. The topological polar surface area (TPSA) is 76.8 Å². The zero-order valence-electron chi connectivity index (χ0n) is 10.0. The average Bonchev–Trinajstić information content (AvgIpc) is 2.90. The summed E-state index contributed by atoms with van der Waals surface area (Å²) in [4.78, 5) is 13.1. The van der Waals surface area contributed by atoms with Crippen molar-refractivity contribution in [3.63, 3.8) is 0 Å². The van der Waals surface area contributed by atoms with Gasteiger partial charge in [-0.3, -0.25) is 0 Å². The van der Waals surface area contributed by atoms with Crippen LogP contribution in [0.25, 0.3) is 22.6 Å². The number of nitrogens with one attached hydrogen (secondary N) is 1. The van der Waals surface area contributed by atoms with Gasteiger partial charge in [-0.15, -0.1) is 11.3 Å². The van der Waals surface area contributed by atoms with Gasteiger partial charge in [-0.25, -0.2) is 4.98 Å². The molecule has 0 bridgehead atoms. The van der Waals surface area contributed by atoms with Gasteiger partial charge in [0.2, 0.25) is 5.88 Å². The molecule has 0 saturated carbocycles. The van der Waals surface area contributed by atoms with Gasteiger partial charge in [-0.05, 0) is 19.1 Å². The molecule has 3 aromatic rings. The molecule has 0 aliphatic heterocycles. The van der Waals surface area contributed by atoms with E-state index in [4.69, 9.17) is 10.5 Å². The molecule has 92 valence electrons. The summed E-state index contributed by atoms with van der Waals surface area (Å²) in [6, 6.07) is 5.72. The Labute approximate surface area is 108 Å². The predicted molar refractivity (Wildman–Crippen MR) is 72.9 cm³/mol. The minimum absolute atomic E-state index is 0.551. The van der Waals surface area contributed by atoms with Gasteiger partial charge in [0, 0.05) is 10.9 Å². The third kappa shape index (κ3) is 1.70. The van der Waals surface area contributed by atoms with Crippen molar-refractivity contribution in [1.29, 1.82) is 0 Å². The van der Waals surface area contributed by atoms with Crippen LogP contribution in [0, 0.1) is 6.92 Å². The Balaban J connectivity index is 2.16. The molecule has 0 aliphatic carbocycles. The number of anilines is 1. The highest BCUT2D eigenvalue weighted by Gasteiger charge is 2.12. The first kappa shape index (κ1) is 11.0. The van der Waals surface area contributed by atoms with Crippen LogP contribution < -0.4 is 10.5 Å². The SMILES string of the molecule is COc1ccc2[nH]c(-c3cc(C)sc3N)nc2n1. The van der Waals surface area contributed by atoms with E-state index in [0.717, 1.165) is 26.8 Å². The predicted octanol–water partition coefficient (Wildman–Crippen LogP) is 2.59. The number of pyridine rings is 1. The van der Waals surface area contributed by atoms with Crippen LogP contribution in [-0.4, -0.2) is 22.1 Å². The van der Waals surface area contributed by atoms with Gasteiger partial charge in [0.15, 0.2) is 5.65 Å². The van der Waals surface area contributed by atoms with E-state index in [-0.39, 0.29) is 0 Å². The fourth-order valence-electron chi connectivity index (χ4n) is 1.83. The Kier molecular flexibility index (Phi) is 2.45. The maximum absolute atomic E-state index is 5.96. The molecule has 6 heteroatoms. The number of nitrogens with two attached hydrogens (primary N) is 1. The molecule has 18 heavy (non-hydrogen) atoms. The van der Waals surface area contributed by atoms with Gasteiger partial charge < -0.3 is 15.5 Å². The van der Waals surface area contributed by atoms with E-state index in [1.54, 1.807) is 24.5 Å². The van der Waals surface area contributed by atoms with Gasteiger partial charge in [0.1, 0.15) is 5.82 Å². The third-order valence-electron chi connectivity index (χ3n) is 2.67. The molecule has 0 saturated heterocycles. The first-order chi connectivity index (χ1) is 8.67. The maximum Gasteiger partial charge on any atom is 0.215 e. The molecule has 0 spiro atoms. The summed E-state index contributed by atoms with van der Waals surface area (Å²) < 4.78 is 5.08. The molecule has 0 fully saturated rings. The van der Waals surface area contributed by atoms with Crippen molar-refractivity contribution in [3.05, 3.63) is 23.1 Å². The summed E-state index contributed by atoms with van der Waals surface area (Å²) in [6.45, 7) is 2.02. The summed E-state index contributed by atoms with van der Waals surface area (Å²) in [6.07, 6.45) is 0. The number of hydrogen-bond acceptors (Lipinski definition) is 5. The fraction of sp³-hybridized carbons (Fsp3) is 0.167. The van der Waals surface area contributed by atoms with E-state index in [1.807, 2.05) is 19.1 Å². The summed E-state index contributed by atoms with van der Waals surface area (Å²) in [5, 5.41) is 0.763. The van der Waals surface area contributed by atoms with Gasteiger partial charge in [0.25, 0.3) is 0 Å². The number of aromatic amines is 1. The number of fused-ring (bicyclic) bond motifs is 1. The molecule has 0 unspecified atom stereocenters. The monoisotopic (exact) mass is 260 g/mol. The number of thiophene rings is 1. The minimum Gasteiger partial charge on any atom is -0.481 e. The highest BCUT2D eigenvalue weighted by molar-refractivity contribution is 7.16. The minimum atomic E-state index is 0.551. The number of hydrogen-bond donors (Lipinski definition) is 2. The zero-order chi connectivity index (χ0) is 12.7. The van der Waals surface area contributed by atoms with Crippen molar-refractivity contribution in [3.8, 4) is 17.3 Å². The highest BCUT2D eigenvalue weighted by atomic mass is 32.1. The number of nitrogens with zero attached hydrogens (tertiary/aromatic N) is 2. The molecule has 3 N–H and O–H groups in total. The van der Waals surface area contributed by atoms with Gasteiger partial charge in [-0.2, -0.15) is 4.98 Å². The number of H-pyrrole nitrogens is 1. The standard InChI is InChI=1S/C12H12N4OS/c1-6-5-7(10(13)18-6)11-14-8-3-4-9(17-2)15-12(8)16-11/h3-5H,13H2,1-2H3,(H,14,15,16). The van der Waals surface area contributed by atoms with Crippen LogP contribution in [-0.2, 0) is 0 Å². The van der Waals surface area contributed by atoms with E-state index in [9.17, 15) is 0 Å². The lowest BCUT2D eigenvalue weighted by Crippen LogP contribution is -1.86. The molecule has 3 aromatic heterocycles. The number of methoxy groups -OCH3 is 1. The Morgan fingerprint density at radius 1 is 1.33 bits per heavy atom. The average molecular weight is 260 g/mol. The lowest BCUT2D eigenvalue weighted by molar-refractivity contribution is 0.399. The van der Waals surface area contributed by atoms with Crippen molar-refractivity contribution in [2.45, 2.75) is 6.92 Å². The fourth-order valence-corrected chi connectivity index (χ4v) is 2.62. The number of ether oxygens (including phenoxy) is 1. The Hall–Kier alpha value is -2.08. The van der Waals surface area contributed by atoms with Crippen LogP contribution >= 0.6 is 11.3 Å². The van der Waals surface area contributed by atoms with Crippen LogP contribution in [0.4, 0.5) is 5.00 Å². The van der Waals surface area contributed by atoms with Crippen molar-refractivity contribution in [2.24, 2.45) is 0 Å². The summed E-state index contributed by atoms with van der Waals surface area (Å²) >= 11 is 1.55. The number of aromatic nitrogens is 3. The summed E-state index contributed by atoms with van der Waals surface area (Å²) in [7, 11) is 1.59. The Morgan fingerprint density at radius 2 is 2.17 bits per heavy atom. The summed E-state index contributed by atoms with van der Waals surface area (Å²) in [5.74, 6) is 1.29. The number of imidazole rings is 1. The van der Waals surface area contributed by atoms with E-state index in [2.05, 4.69) is 15.0 Å². The second-order valence-electron chi connectivity index (χ2n) is 3.95. The first-order valence-electron chi connectivity index (χ1n) is 5.44. The normalized spacial score (nSPS) is 11.0. The lowest BCUT2D eigenvalue weighted by Gasteiger charge is -1.95. The lowest BCUT2D eigenvalue weighted by atomic mass is 10.3. The second-order valence-corrected chi connectivity index (χ2v) is 5.23. The van der Waals surface area contributed by atoms with E-state index < -0.39 is 0 Å². The van der Waals surface area contributed by atoms with Crippen LogP contribution in [0.15, 0.2) is 18.2 Å². The largest absolute Gasteiger partial charge is 0.481 e.